The van der Waals surface area contributed by atoms with Gasteiger partial charge in [-0.3, -0.25) is 0 Å². The van der Waals surface area contributed by atoms with Crippen molar-refractivity contribution in [2.75, 3.05) is 6.54 Å². The highest BCUT2D eigenvalue weighted by molar-refractivity contribution is 6.31. The second kappa shape index (κ2) is 6.23. The van der Waals surface area contributed by atoms with Gasteiger partial charge in [0.25, 0.3) is 0 Å². The largest absolute Gasteiger partial charge is 0.311 e. The molecule has 1 aromatic rings. The highest BCUT2D eigenvalue weighted by Gasteiger charge is 2.34. The van der Waals surface area contributed by atoms with Crippen LogP contribution in [0.1, 0.15) is 45.1 Å². The van der Waals surface area contributed by atoms with Gasteiger partial charge in [-0.1, -0.05) is 50.4 Å². The van der Waals surface area contributed by atoms with Crippen LogP contribution in [0.5, 0.6) is 0 Å². The van der Waals surface area contributed by atoms with Gasteiger partial charge in [0.05, 0.1) is 5.02 Å². The maximum atomic E-state index is 13.6. The van der Waals surface area contributed by atoms with Crippen molar-refractivity contribution in [3.8, 4) is 0 Å². The summed E-state index contributed by atoms with van der Waals surface area (Å²) < 4.78 is 13.6. The van der Waals surface area contributed by atoms with E-state index in [1.165, 1.54) is 25.3 Å². The summed E-state index contributed by atoms with van der Waals surface area (Å²) in [5, 5.41) is 3.99. The van der Waals surface area contributed by atoms with E-state index < -0.39 is 0 Å². The summed E-state index contributed by atoms with van der Waals surface area (Å²) in [5.41, 5.74) is 0.971. The molecule has 0 spiro atoms. The maximum absolute atomic E-state index is 13.6. The molecule has 3 heteroatoms. The lowest BCUT2D eigenvalue weighted by Gasteiger charge is -2.38. The Bertz CT molecular complexity index is 423. The minimum atomic E-state index is -0.313. The van der Waals surface area contributed by atoms with Crippen LogP contribution >= 0.6 is 11.6 Å². The first kappa shape index (κ1) is 14.8. The van der Waals surface area contributed by atoms with Crippen molar-refractivity contribution >= 4 is 11.6 Å². The lowest BCUT2D eigenvalue weighted by Crippen LogP contribution is -2.51. The molecule has 0 radical (unpaired) electrons. The van der Waals surface area contributed by atoms with Gasteiger partial charge in [0.1, 0.15) is 5.82 Å². The molecular formula is C16H23ClFN. The Morgan fingerprint density at radius 2 is 2.11 bits per heavy atom. The second-order valence-corrected chi connectivity index (χ2v) is 6.32. The monoisotopic (exact) mass is 283 g/mol. The van der Waals surface area contributed by atoms with E-state index in [0.717, 1.165) is 24.9 Å². The zero-order valence-corrected chi connectivity index (χ0v) is 12.6. The van der Waals surface area contributed by atoms with Gasteiger partial charge in [-0.05, 0) is 43.4 Å². The van der Waals surface area contributed by atoms with Crippen LogP contribution in [0.2, 0.25) is 5.02 Å². The normalized spacial score (nSPS) is 24.5. The third kappa shape index (κ3) is 3.29. The number of nitrogens with one attached hydrogen (secondary N) is 1. The predicted molar refractivity (Wildman–Crippen MR) is 79.2 cm³/mol. The zero-order valence-electron chi connectivity index (χ0n) is 11.8. The van der Waals surface area contributed by atoms with E-state index in [9.17, 15) is 4.39 Å². The van der Waals surface area contributed by atoms with Crippen LogP contribution < -0.4 is 5.32 Å². The van der Waals surface area contributed by atoms with Crippen LogP contribution in [0.25, 0.3) is 0 Å². The minimum Gasteiger partial charge on any atom is -0.311 e. The van der Waals surface area contributed by atoms with Crippen LogP contribution in [0.15, 0.2) is 18.2 Å². The Morgan fingerprint density at radius 1 is 1.32 bits per heavy atom. The fourth-order valence-electron chi connectivity index (χ4n) is 3.04. The first-order valence-corrected chi connectivity index (χ1v) is 7.61. The summed E-state index contributed by atoms with van der Waals surface area (Å²) in [6, 6.07) is 5.12. The average molecular weight is 284 g/mol. The molecule has 106 valence electrons. The lowest BCUT2D eigenvalue weighted by molar-refractivity contribution is 0.226. The fraction of sp³-hybridized carbons (Fsp3) is 0.625. The first-order valence-electron chi connectivity index (χ1n) is 7.23. The molecule has 1 fully saturated rings. The Kier molecular flexibility index (Phi) is 4.86. The quantitative estimate of drug-likeness (QED) is 0.856. The molecule has 0 aliphatic carbocycles. The molecule has 19 heavy (non-hydrogen) atoms. The van der Waals surface area contributed by atoms with Crippen molar-refractivity contribution in [1.82, 2.24) is 5.32 Å². The molecule has 1 N–H and O–H groups in total. The van der Waals surface area contributed by atoms with Crippen molar-refractivity contribution in [2.45, 2.75) is 51.5 Å². The van der Waals surface area contributed by atoms with Crippen molar-refractivity contribution < 1.29 is 4.39 Å². The molecule has 1 nitrogen and oxygen atoms in total. The number of benzene rings is 1. The smallest absolute Gasteiger partial charge is 0.142 e. The molecule has 0 saturated carbocycles. The fourth-order valence-corrected chi connectivity index (χ4v) is 3.23. The molecule has 2 rings (SSSR count). The molecule has 1 heterocycles. The number of hydrogen-bond acceptors (Lipinski definition) is 1. The van der Waals surface area contributed by atoms with Crippen molar-refractivity contribution in [3.63, 3.8) is 0 Å². The van der Waals surface area contributed by atoms with E-state index in [-0.39, 0.29) is 16.4 Å². The summed E-state index contributed by atoms with van der Waals surface area (Å²) in [7, 11) is 0. The Hall–Kier alpha value is -0.600. The van der Waals surface area contributed by atoms with E-state index in [1.807, 2.05) is 6.07 Å². The van der Waals surface area contributed by atoms with Crippen LogP contribution in [0.3, 0.4) is 0 Å². The lowest BCUT2D eigenvalue weighted by atomic mass is 9.77. The Labute approximate surface area is 120 Å². The van der Waals surface area contributed by atoms with Crippen LogP contribution in [-0.4, -0.2) is 12.1 Å². The van der Waals surface area contributed by atoms with Crippen LogP contribution in [-0.2, 0) is 6.42 Å². The molecule has 1 saturated heterocycles. The Morgan fingerprint density at radius 3 is 2.84 bits per heavy atom. The molecule has 1 aliphatic heterocycles. The zero-order chi connectivity index (χ0) is 13.9. The van der Waals surface area contributed by atoms with Gasteiger partial charge >= 0.3 is 0 Å². The van der Waals surface area contributed by atoms with E-state index in [1.54, 1.807) is 6.07 Å². The number of hydrogen-bond donors (Lipinski definition) is 1. The minimum absolute atomic E-state index is 0.0495. The van der Waals surface area contributed by atoms with Gasteiger partial charge < -0.3 is 5.32 Å². The predicted octanol–water partition coefficient (Wildman–Crippen LogP) is 4.58. The van der Waals surface area contributed by atoms with Gasteiger partial charge in [0.15, 0.2) is 0 Å². The van der Waals surface area contributed by atoms with Gasteiger partial charge in [0, 0.05) is 5.54 Å². The van der Waals surface area contributed by atoms with E-state index in [0.29, 0.717) is 5.92 Å². The standard InChI is InChI=1S/C16H23ClFN/c1-12(2)16(9-4-3-5-10-19-16)11-13-7-6-8-14(18)15(13)17/h6-8,12,19H,3-5,9-11H2,1-2H3. The highest BCUT2D eigenvalue weighted by Crippen LogP contribution is 2.33. The molecule has 0 aromatic heterocycles. The summed E-state index contributed by atoms with van der Waals surface area (Å²) in [4.78, 5) is 0. The average Bonchev–Trinajstić information content (AvgIpc) is 2.62. The van der Waals surface area contributed by atoms with Gasteiger partial charge in [0.2, 0.25) is 0 Å². The highest BCUT2D eigenvalue weighted by atomic mass is 35.5. The maximum Gasteiger partial charge on any atom is 0.142 e. The molecule has 1 aliphatic rings. The summed E-state index contributed by atoms with van der Waals surface area (Å²) in [6.45, 7) is 5.53. The molecular weight excluding hydrogens is 261 g/mol. The van der Waals surface area contributed by atoms with Crippen molar-refractivity contribution in [1.29, 1.82) is 0 Å². The van der Waals surface area contributed by atoms with E-state index in [4.69, 9.17) is 11.6 Å². The van der Waals surface area contributed by atoms with Crippen LogP contribution in [0.4, 0.5) is 4.39 Å². The van der Waals surface area contributed by atoms with Crippen LogP contribution in [0, 0.1) is 11.7 Å². The number of halogens is 2. The third-order valence-corrected chi connectivity index (χ3v) is 4.84. The van der Waals surface area contributed by atoms with Gasteiger partial charge in [-0.15, -0.1) is 0 Å². The van der Waals surface area contributed by atoms with Crippen molar-refractivity contribution in [3.05, 3.63) is 34.6 Å². The topological polar surface area (TPSA) is 12.0 Å². The van der Waals surface area contributed by atoms with E-state index in [2.05, 4.69) is 19.2 Å². The SMILES string of the molecule is CC(C)C1(Cc2cccc(F)c2Cl)CCCCCN1. The van der Waals surface area contributed by atoms with Gasteiger partial charge in [-0.2, -0.15) is 0 Å². The summed E-state index contributed by atoms with van der Waals surface area (Å²) in [5.74, 6) is 0.191. The summed E-state index contributed by atoms with van der Waals surface area (Å²) >= 11 is 6.12. The summed E-state index contributed by atoms with van der Waals surface area (Å²) in [6.07, 6.45) is 5.68. The van der Waals surface area contributed by atoms with Gasteiger partial charge in [-0.25, -0.2) is 4.39 Å². The third-order valence-electron chi connectivity index (χ3n) is 4.42. The number of rotatable bonds is 3. The second-order valence-electron chi connectivity index (χ2n) is 5.94. The Balaban J connectivity index is 2.27. The molecule has 1 aromatic carbocycles. The first-order chi connectivity index (χ1) is 9.05. The molecule has 1 atom stereocenters. The molecule has 0 bridgehead atoms. The van der Waals surface area contributed by atoms with Crippen molar-refractivity contribution in [2.24, 2.45) is 5.92 Å². The molecule has 0 amide bonds. The van der Waals surface area contributed by atoms with E-state index >= 15 is 0 Å². The molecule has 1 unspecified atom stereocenters.